The Kier molecular flexibility index (Phi) is 12.4. The summed E-state index contributed by atoms with van der Waals surface area (Å²) in [4.78, 5) is 39.2. The number of hydrogen-bond acceptors (Lipinski definition) is 4. The van der Waals surface area contributed by atoms with E-state index >= 15 is 0 Å². The molecule has 0 atom stereocenters. The fourth-order valence-corrected chi connectivity index (χ4v) is 2.03. The highest BCUT2D eigenvalue weighted by Crippen LogP contribution is 2.18. The first-order valence-corrected chi connectivity index (χ1v) is 7.14. The van der Waals surface area contributed by atoms with E-state index in [0.717, 1.165) is 17.4 Å². The van der Waals surface area contributed by atoms with E-state index in [1.54, 1.807) is 18.2 Å². The number of rotatable bonds is 4. The zero-order valence-electron chi connectivity index (χ0n) is 12.4. The van der Waals surface area contributed by atoms with Gasteiger partial charge in [-0.2, -0.15) is 0 Å². The van der Waals surface area contributed by atoms with Gasteiger partial charge in [-0.15, -0.1) is 0 Å². The molecular weight excluding hydrogens is 423 g/mol. The zero-order valence-corrected chi connectivity index (χ0v) is 14.6. The summed E-state index contributed by atoms with van der Waals surface area (Å²) in [6.07, 6.45) is -0.277. The molecule has 23 heavy (non-hydrogen) atoms. The molecular formula is C14H17IO8. The van der Waals surface area contributed by atoms with Crippen molar-refractivity contribution < 1.29 is 39.6 Å². The summed E-state index contributed by atoms with van der Waals surface area (Å²) < 4.78 is 0.786. The van der Waals surface area contributed by atoms with Crippen LogP contribution in [0.5, 0.6) is 0 Å². The summed E-state index contributed by atoms with van der Waals surface area (Å²) in [5.74, 6) is -3.57. The number of halogens is 1. The van der Waals surface area contributed by atoms with Gasteiger partial charge in [-0.05, 0) is 39.8 Å². The standard InChI is InChI=1S/C10H9IO4.2C2H4O2/c11-8-3-1-2-6(4-9(12)13)7(8)5-10(14)15;2*1-2(3)4/h1-3H,4-5H2,(H,12,13)(H,14,15);2*1H3,(H,3,4). The molecule has 0 amide bonds. The highest BCUT2D eigenvalue weighted by atomic mass is 127. The molecule has 0 unspecified atom stereocenters. The Morgan fingerprint density at radius 3 is 1.61 bits per heavy atom. The van der Waals surface area contributed by atoms with Crippen molar-refractivity contribution in [2.45, 2.75) is 26.7 Å². The summed E-state index contributed by atoms with van der Waals surface area (Å²) >= 11 is 2.01. The number of aliphatic carboxylic acids is 4. The quantitative estimate of drug-likeness (QED) is 0.518. The predicted octanol–water partition coefficient (Wildman–Crippen LogP) is 1.73. The van der Waals surface area contributed by atoms with Crippen molar-refractivity contribution >= 4 is 46.5 Å². The van der Waals surface area contributed by atoms with Crippen molar-refractivity contribution in [3.8, 4) is 0 Å². The van der Waals surface area contributed by atoms with Crippen LogP contribution < -0.4 is 0 Å². The first-order valence-electron chi connectivity index (χ1n) is 6.06. The highest BCUT2D eigenvalue weighted by molar-refractivity contribution is 14.1. The first kappa shape index (κ1) is 23.1. The lowest BCUT2D eigenvalue weighted by Gasteiger charge is -2.07. The fraction of sp³-hybridized carbons (Fsp3) is 0.286. The van der Waals surface area contributed by atoms with Crippen LogP contribution in [0.25, 0.3) is 0 Å². The molecule has 0 radical (unpaired) electrons. The monoisotopic (exact) mass is 440 g/mol. The molecule has 1 rings (SSSR count). The Hall–Kier alpha value is -2.17. The Morgan fingerprint density at radius 2 is 1.26 bits per heavy atom. The minimum absolute atomic E-state index is 0.137. The van der Waals surface area contributed by atoms with Crippen LogP contribution in [0.1, 0.15) is 25.0 Å². The van der Waals surface area contributed by atoms with Gasteiger partial charge in [-0.1, -0.05) is 12.1 Å². The molecule has 0 aliphatic carbocycles. The molecule has 0 aliphatic heterocycles. The third-order valence-electron chi connectivity index (χ3n) is 1.89. The third-order valence-corrected chi connectivity index (χ3v) is 2.90. The molecule has 0 bridgehead atoms. The molecule has 128 valence electrons. The van der Waals surface area contributed by atoms with Crippen molar-refractivity contribution in [1.29, 1.82) is 0 Å². The molecule has 0 fully saturated rings. The topological polar surface area (TPSA) is 149 Å². The number of benzene rings is 1. The first-order chi connectivity index (χ1) is 10.5. The van der Waals surface area contributed by atoms with Gasteiger partial charge in [-0.3, -0.25) is 19.2 Å². The van der Waals surface area contributed by atoms with E-state index in [2.05, 4.69) is 0 Å². The molecule has 1 aromatic carbocycles. The minimum Gasteiger partial charge on any atom is -0.481 e. The summed E-state index contributed by atoms with van der Waals surface area (Å²) in [6, 6.07) is 5.14. The van der Waals surface area contributed by atoms with Gasteiger partial charge in [0, 0.05) is 17.4 Å². The Labute approximate surface area is 145 Å². The molecule has 0 saturated carbocycles. The molecule has 0 aliphatic rings. The van der Waals surface area contributed by atoms with Crippen molar-refractivity contribution in [1.82, 2.24) is 0 Å². The van der Waals surface area contributed by atoms with E-state index < -0.39 is 23.9 Å². The van der Waals surface area contributed by atoms with Crippen LogP contribution in [0.3, 0.4) is 0 Å². The SMILES string of the molecule is CC(=O)O.CC(=O)O.O=C(O)Cc1cccc(I)c1CC(=O)O. The lowest BCUT2D eigenvalue weighted by atomic mass is 10.0. The molecule has 0 aromatic heterocycles. The number of carbonyl (C=O) groups is 4. The molecule has 9 heteroatoms. The van der Waals surface area contributed by atoms with Crippen molar-refractivity contribution in [3.05, 3.63) is 32.9 Å². The van der Waals surface area contributed by atoms with Crippen LogP contribution in [0.4, 0.5) is 0 Å². The fourth-order valence-electron chi connectivity index (χ4n) is 1.28. The normalized spacial score (nSPS) is 8.65. The van der Waals surface area contributed by atoms with Gasteiger partial charge in [0.15, 0.2) is 0 Å². The van der Waals surface area contributed by atoms with E-state index in [4.69, 9.17) is 30.0 Å². The summed E-state index contributed by atoms with van der Waals surface area (Å²) in [7, 11) is 0. The Balaban J connectivity index is 0. The van der Waals surface area contributed by atoms with Crippen LogP contribution in [0.15, 0.2) is 18.2 Å². The van der Waals surface area contributed by atoms with Gasteiger partial charge in [0.1, 0.15) is 0 Å². The smallest absolute Gasteiger partial charge is 0.307 e. The van der Waals surface area contributed by atoms with Crippen LogP contribution in [-0.2, 0) is 32.0 Å². The summed E-state index contributed by atoms with van der Waals surface area (Å²) in [5, 5.41) is 32.2. The molecule has 1 aromatic rings. The molecule has 4 N–H and O–H groups in total. The van der Waals surface area contributed by atoms with Crippen molar-refractivity contribution in [3.63, 3.8) is 0 Å². The number of carboxylic acid groups (broad SMARTS) is 4. The highest BCUT2D eigenvalue weighted by Gasteiger charge is 2.12. The molecule has 0 heterocycles. The zero-order chi connectivity index (χ0) is 18.6. The van der Waals surface area contributed by atoms with Crippen LogP contribution in [0, 0.1) is 3.57 Å². The van der Waals surface area contributed by atoms with E-state index in [1.165, 1.54) is 0 Å². The van der Waals surface area contributed by atoms with E-state index in [9.17, 15) is 9.59 Å². The van der Waals surface area contributed by atoms with Crippen molar-refractivity contribution in [2.24, 2.45) is 0 Å². The lowest BCUT2D eigenvalue weighted by Crippen LogP contribution is -2.09. The van der Waals surface area contributed by atoms with Gasteiger partial charge >= 0.3 is 11.9 Å². The molecule has 0 saturated heterocycles. The second kappa shape index (κ2) is 12.4. The lowest BCUT2D eigenvalue weighted by molar-refractivity contribution is -0.137. The van der Waals surface area contributed by atoms with Crippen LogP contribution >= 0.6 is 22.6 Å². The average Bonchev–Trinajstić information content (AvgIpc) is 2.31. The van der Waals surface area contributed by atoms with Gasteiger partial charge in [-0.25, -0.2) is 0 Å². The van der Waals surface area contributed by atoms with Crippen LogP contribution in [0.2, 0.25) is 0 Å². The maximum absolute atomic E-state index is 10.6. The van der Waals surface area contributed by atoms with E-state index in [1.807, 2.05) is 22.6 Å². The third kappa shape index (κ3) is 16.0. The average molecular weight is 440 g/mol. The van der Waals surface area contributed by atoms with Gasteiger partial charge < -0.3 is 20.4 Å². The maximum Gasteiger partial charge on any atom is 0.307 e. The molecule has 8 nitrogen and oxygen atoms in total. The van der Waals surface area contributed by atoms with Gasteiger partial charge in [0.2, 0.25) is 0 Å². The van der Waals surface area contributed by atoms with E-state index in [-0.39, 0.29) is 12.8 Å². The van der Waals surface area contributed by atoms with Gasteiger partial charge in [0.25, 0.3) is 11.9 Å². The van der Waals surface area contributed by atoms with Crippen molar-refractivity contribution in [2.75, 3.05) is 0 Å². The minimum atomic E-state index is -0.955. The summed E-state index contributed by atoms with van der Waals surface area (Å²) in [5.41, 5.74) is 1.16. The largest absolute Gasteiger partial charge is 0.481 e. The second-order valence-electron chi connectivity index (χ2n) is 4.06. The Morgan fingerprint density at radius 1 is 0.870 bits per heavy atom. The molecule has 0 spiro atoms. The van der Waals surface area contributed by atoms with Crippen LogP contribution in [-0.4, -0.2) is 44.3 Å². The number of carboxylic acids is 4. The number of hydrogen-bond donors (Lipinski definition) is 4. The van der Waals surface area contributed by atoms with Gasteiger partial charge in [0.05, 0.1) is 12.8 Å². The Bertz CT molecular complexity index is 548. The summed E-state index contributed by atoms with van der Waals surface area (Å²) in [6.45, 7) is 2.17. The second-order valence-corrected chi connectivity index (χ2v) is 5.22. The van der Waals surface area contributed by atoms with E-state index in [0.29, 0.717) is 11.1 Å². The predicted molar refractivity (Wildman–Crippen MR) is 88.5 cm³/mol. The maximum atomic E-state index is 10.6.